The Hall–Kier alpha value is -9.38. The standard InChI is InChI=1S/C30H20N2.2C20H15N.3C2H6/c1-3-11-21(12-4-1)31-27-17-9-7-15-23(27)25-20-30-26(19-29(25)31)24-16-8-10-18-28(24)32(30)22-13-5-2-6-14-22;1-21-18-9-5-4-8-16(18)20-17-12-13-6-2-3-7-14(13)15(17)10-11-19(20)21;1-21-19-9-5-4-8-16(19)17-11-10-15-14-7-3-2-6-13(14)12-18(15)20(17)21;3*1-2/h1-20H;2*2-11H,12H2,1H3;3*1-2H3. The van der Waals surface area contributed by atoms with Crippen LogP contribution in [0.1, 0.15) is 63.8 Å². The van der Waals surface area contributed by atoms with Crippen LogP contribution in [0, 0.1) is 0 Å². The van der Waals surface area contributed by atoms with E-state index in [-0.39, 0.29) is 0 Å². The van der Waals surface area contributed by atoms with Gasteiger partial charge in [0.25, 0.3) is 0 Å². The van der Waals surface area contributed by atoms with E-state index >= 15 is 0 Å². The molecule has 4 nitrogen and oxygen atoms in total. The third kappa shape index (κ3) is 8.28. The Morgan fingerprint density at radius 3 is 1.18 bits per heavy atom. The Bertz CT molecular complexity index is 4590. The summed E-state index contributed by atoms with van der Waals surface area (Å²) in [7, 11) is 4.35. The first-order chi connectivity index (χ1) is 39.6. The van der Waals surface area contributed by atoms with E-state index < -0.39 is 0 Å². The number of aromatic nitrogens is 4. The predicted molar refractivity (Wildman–Crippen MR) is 346 cm³/mol. The number of fused-ring (bicyclic) bond motifs is 20. The second-order valence-electron chi connectivity index (χ2n) is 20.1. The van der Waals surface area contributed by atoms with Crippen LogP contribution < -0.4 is 0 Å². The molecule has 0 atom stereocenters. The minimum Gasteiger partial charge on any atom is -0.344 e. The lowest BCUT2D eigenvalue weighted by Gasteiger charge is -2.09. The molecular weight excluding hydrogens is 969 g/mol. The average Bonchev–Trinajstić information content (AvgIpc) is 4.47. The van der Waals surface area contributed by atoms with Gasteiger partial charge in [-0.15, -0.1) is 0 Å². The maximum absolute atomic E-state index is 2.39. The van der Waals surface area contributed by atoms with Gasteiger partial charge in [0.1, 0.15) is 0 Å². The van der Waals surface area contributed by atoms with E-state index in [0.717, 1.165) is 12.8 Å². The van der Waals surface area contributed by atoms with Gasteiger partial charge in [0.2, 0.25) is 0 Å². The van der Waals surface area contributed by atoms with E-state index in [0.29, 0.717) is 0 Å². The predicted octanol–water partition coefficient (Wildman–Crippen LogP) is 20.8. The SMILES string of the molecule is CC.CC.CC.Cn1c2ccccc2c2c3c(ccc21)-c1ccccc1C3.Cn1c2ccccc2c2ccc3c(c21)Cc1ccccc1-3.c1ccc(-n2c3ccccc3c3cc4c(cc32)c2ccccc2n4-c2ccccc2)cc1. The van der Waals surface area contributed by atoms with Crippen molar-refractivity contribution in [1.82, 2.24) is 18.3 Å². The molecule has 0 radical (unpaired) electrons. The highest BCUT2D eigenvalue weighted by atomic mass is 15.0. The van der Waals surface area contributed by atoms with Crippen molar-refractivity contribution >= 4 is 87.2 Å². The Kier molecular flexibility index (Phi) is 14.0. The van der Waals surface area contributed by atoms with E-state index in [4.69, 9.17) is 0 Å². The fourth-order valence-electron chi connectivity index (χ4n) is 12.9. The van der Waals surface area contributed by atoms with Crippen LogP contribution in [-0.4, -0.2) is 18.3 Å². The summed E-state index contributed by atoms with van der Waals surface area (Å²) in [6.45, 7) is 12.0. The van der Waals surface area contributed by atoms with Gasteiger partial charge in [0, 0.05) is 91.5 Å². The van der Waals surface area contributed by atoms with Gasteiger partial charge in [-0.25, -0.2) is 0 Å². The molecule has 0 spiro atoms. The molecule has 0 amide bonds. The molecule has 0 fully saturated rings. The second kappa shape index (κ2) is 21.8. The average molecular weight is 1040 g/mol. The van der Waals surface area contributed by atoms with E-state index in [1.165, 1.54) is 143 Å². The highest BCUT2D eigenvalue weighted by Crippen LogP contribution is 2.45. The first kappa shape index (κ1) is 51.4. The maximum Gasteiger partial charge on any atom is 0.0548 e. The highest BCUT2D eigenvalue weighted by Gasteiger charge is 2.25. The molecule has 0 aliphatic heterocycles. The number of hydrogen-bond acceptors (Lipinski definition) is 0. The van der Waals surface area contributed by atoms with Crippen molar-refractivity contribution in [1.29, 1.82) is 0 Å². The molecule has 15 aromatic rings. The molecule has 2 aliphatic rings. The maximum atomic E-state index is 2.39. The summed E-state index contributed by atoms with van der Waals surface area (Å²) in [6.07, 6.45) is 2.10. The zero-order valence-electron chi connectivity index (χ0n) is 47.3. The monoisotopic (exact) mass is 1040 g/mol. The summed E-state index contributed by atoms with van der Waals surface area (Å²) in [5.74, 6) is 0. The van der Waals surface area contributed by atoms with Crippen molar-refractivity contribution in [2.75, 3.05) is 0 Å². The largest absolute Gasteiger partial charge is 0.344 e. The molecule has 4 heteroatoms. The van der Waals surface area contributed by atoms with Crippen LogP contribution in [0.4, 0.5) is 0 Å². The number of rotatable bonds is 2. The normalized spacial score (nSPS) is 11.7. The van der Waals surface area contributed by atoms with Gasteiger partial charge < -0.3 is 18.3 Å². The first-order valence-electron chi connectivity index (χ1n) is 28.8. The summed E-state index contributed by atoms with van der Waals surface area (Å²) in [6, 6.07) is 87.6. The Morgan fingerprint density at radius 1 is 0.263 bits per heavy atom. The molecule has 0 saturated carbocycles. The third-order valence-corrected chi connectivity index (χ3v) is 16.2. The van der Waals surface area contributed by atoms with Gasteiger partial charge in [0.15, 0.2) is 0 Å². The lowest BCUT2D eigenvalue weighted by Crippen LogP contribution is -1.94. The van der Waals surface area contributed by atoms with Crippen molar-refractivity contribution in [2.45, 2.75) is 54.4 Å². The summed E-state index contributed by atoms with van der Waals surface area (Å²) in [5.41, 5.74) is 24.2. The molecule has 11 aromatic carbocycles. The highest BCUT2D eigenvalue weighted by molar-refractivity contribution is 6.19. The lowest BCUT2D eigenvalue weighted by atomic mass is 10.0. The zero-order chi connectivity index (χ0) is 55.0. The van der Waals surface area contributed by atoms with Crippen LogP contribution in [0.3, 0.4) is 0 Å². The lowest BCUT2D eigenvalue weighted by molar-refractivity contribution is 1.00. The molecular formula is C76H68N4. The Morgan fingerprint density at radius 2 is 0.650 bits per heavy atom. The molecule has 392 valence electrons. The van der Waals surface area contributed by atoms with Crippen molar-refractivity contribution in [3.63, 3.8) is 0 Å². The van der Waals surface area contributed by atoms with Crippen LogP contribution in [0.15, 0.2) is 243 Å². The van der Waals surface area contributed by atoms with E-state index in [1.54, 1.807) is 0 Å². The fraction of sp³-hybridized carbons (Fsp3) is 0.132. The minimum atomic E-state index is 1.05. The molecule has 0 saturated heterocycles. The van der Waals surface area contributed by atoms with Gasteiger partial charge in [-0.3, -0.25) is 0 Å². The smallest absolute Gasteiger partial charge is 0.0548 e. The molecule has 2 aliphatic carbocycles. The molecule has 80 heavy (non-hydrogen) atoms. The van der Waals surface area contributed by atoms with Crippen molar-refractivity contribution in [2.24, 2.45) is 14.1 Å². The van der Waals surface area contributed by atoms with Gasteiger partial charge in [-0.05, 0) is 118 Å². The summed E-state index contributed by atoms with van der Waals surface area (Å²) in [4.78, 5) is 0. The molecule has 0 N–H and O–H groups in total. The Balaban J connectivity index is 0.000000117. The van der Waals surface area contributed by atoms with Crippen molar-refractivity contribution in [3.8, 4) is 33.6 Å². The van der Waals surface area contributed by atoms with Crippen molar-refractivity contribution in [3.05, 3.63) is 265 Å². The minimum absolute atomic E-state index is 1.05. The number of benzene rings is 11. The summed E-state index contributed by atoms with van der Waals surface area (Å²) in [5, 5.41) is 10.6. The van der Waals surface area contributed by atoms with Gasteiger partial charge in [-0.1, -0.05) is 217 Å². The molecule has 0 bridgehead atoms. The van der Waals surface area contributed by atoms with Crippen LogP contribution in [0.5, 0.6) is 0 Å². The number of nitrogens with zero attached hydrogens (tertiary/aromatic N) is 4. The molecule has 0 unspecified atom stereocenters. The first-order valence-corrected chi connectivity index (χ1v) is 28.8. The van der Waals surface area contributed by atoms with Crippen LogP contribution in [0.25, 0.3) is 121 Å². The molecule has 4 aromatic heterocycles. The topological polar surface area (TPSA) is 19.7 Å². The van der Waals surface area contributed by atoms with Gasteiger partial charge >= 0.3 is 0 Å². The van der Waals surface area contributed by atoms with Gasteiger partial charge in [0.05, 0.1) is 27.6 Å². The van der Waals surface area contributed by atoms with E-state index in [1.807, 2.05) is 41.5 Å². The molecule has 17 rings (SSSR count). The second-order valence-corrected chi connectivity index (χ2v) is 20.1. The van der Waals surface area contributed by atoms with E-state index in [9.17, 15) is 0 Å². The molecule has 4 heterocycles. The summed E-state index contributed by atoms with van der Waals surface area (Å²) >= 11 is 0. The summed E-state index contributed by atoms with van der Waals surface area (Å²) < 4.78 is 9.45. The number of hydrogen-bond donors (Lipinski definition) is 0. The van der Waals surface area contributed by atoms with E-state index in [2.05, 4.69) is 275 Å². The number of para-hydroxylation sites is 6. The third-order valence-electron chi connectivity index (χ3n) is 16.2. The van der Waals surface area contributed by atoms with Gasteiger partial charge in [-0.2, -0.15) is 0 Å². The van der Waals surface area contributed by atoms with Crippen LogP contribution in [0.2, 0.25) is 0 Å². The zero-order valence-corrected chi connectivity index (χ0v) is 47.3. The fourth-order valence-corrected chi connectivity index (χ4v) is 12.9. The number of aryl methyl sites for hydroxylation is 2. The Labute approximate surface area is 470 Å². The van der Waals surface area contributed by atoms with Crippen molar-refractivity contribution < 1.29 is 0 Å². The van der Waals surface area contributed by atoms with Crippen LogP contribution in [-0.2, 0) is 26.9 Å². The quantitative estimate of drug-likeness (QED) is 0.164. The van der Waals surface area contributed by atoms with Crippen LogP contribution >= 0.6 is 0 Å².